The van der Waals surface area contributed by atoms with Crippen molar-refractivity contribution in [3.05, 3.63) is 59.0 Å². The third-order valence-electron chi connectivity index (χ3n) is 3.74. The van der Waals surface area contributed by atoms with Gasteiger partial charge in [-0.05, 0) is 23.8 Å². The van der Waals surface area contributed by atoms with Crippen LogP contribution in [0.25, 0.3) is 0 Å². The molecule has 1 fully saturated rings. The van der Waals surface area contributed by atoms with Crippen molar-refractivity contribution >= 4 is 17.5 Å². The van der Waals surface area contributed by atoms with E-state index in [2.05, 4.69) is 4.90 Å². The average molecular weight is 305 g/mol. The lowest BCUT2D eigenvalue weighted by atomic mass is 10.2. The third-order valence-corrected chi connectivity index (χ3v) is 4.11. The molecule has 21 heavy (non-hydrogen) atoms. The average Bonchev–Trinajstić information content (AvgIpc) is 3.04. The van der Waals surface area contributed by atoms with Gasteiger partial charge in [0.2, 0.25) is 0 Å². The van der Waals surface area contributed by atoms with Crippen molar-refractivity contribution in [2.24, 2.45) is 0 Å². The Labute approximate surface area is 128 Å². The number of piperazine rings is 1. The summed E-state index contributed by atoms with van der Waals surface area (Å²) in [7, 11) is 0. The second kappa shape index (κ2) is 6.33. The minimum absolute atomic E-state index is 0.0302. The first-order valence-electron chi connectivity index (χ1n) is 7.02. The molecule has 1 amide bonds. The Morgan fingerprint density at radius 3 is 2.52 bits per heavy atom. The fraction of sp³-hybridized carbons (Fsp3) is 0.312. The van der Waals surface area contributed by atoms with Crippen LogP contribution in [0.5, 0.6) is 0 Å². The van der Waals surface area contributed by atoms with Crippen molar-refractivity contribution in [3.8, 4) is 0 Å². The van der Waals surface area contributed by atoms with Gasteiger partial charge in [-0.3, -0.25) is 9.69 Å². The summed E-state index contributed by atoms with van der Waals surface area (Å²) in [6.45, 7) is 3.94. The van der Waals surface area contributed by atoms with Gasteiger partial charge in [-0.1, -0.05) is 29.8 Å². The first-order chi connectivity index (χ1) is 10.2. The molecule has 0 bridgehead atoms. The Hall–Kier alpha value is -1.78. The highest BCUT2D eigenvalue weighted by Crippen LogP contribution is 2.18. The number of furan rings is 1. The first kappa shape index (κ1) is 14.2. The predicted molar refractivity (Wildman–Crippen MR) is 81.3 cm³/mol. The number of rotatable bonds is 3. The summed E-state index contributed by atoms with van der Waals surface area (Å²) >= 11 is 6.19. The van der Waals surface area contributed by atoms with Crippen molar-refractivity contribution in [3.63, 3.8) is 0 Å². The zero-order valence-electron chi connectivity index (χ0n) is 11.7. The van der Waals surface area contributed by atoms with E-state index in [1.807, 2.05) is 29.2 Å². The molecule has 0 unspecified atom stereocenters. The van der Waals surface area contributed by atoms with Gasteiger partial charge < -0.3 is 9.32 Å². The molecule has 2 aromatic rings. The summed E-state index contributed by atoms with van der Waals surface area (Å²) in [6, 6.07) is 11.3. The Morgan fingerprint density at radius 1 is 1.10 bits per heavy atom. The molecule has 0 radical (unpaired) electrons. The van der Waals surface area contributed by atoms with Gasteiger partial charge >= 0.3 is 0 Å². The third kappa shape index (κ3) is 3.28. The van der Waals surface area contributed by atoms with Gasteiger partial charge in [-0.25, -0.2) is 0 Å². The van der Waals surface area contributed by atoms with E-state index in [1.54, 1.807) is 12.1 Å². The van der Waals surface area contributed by atoms with Crippen LogP contribution >= 0.6 is 11.6 Å². The highest BCUT2D eigenvalue weighted by atomic mass is 35.5. The number of halogens is 1. The van der Waals surface area contributed by atoms with Crippen molar-refractivity contribution in [2.45, 2.75) is 6.54 Å². The van der Waals surface area contributed by atoms with Crippen LogP contribution in [-0.2, 0) is 6.54 Å². The minimum atomic E-state index is -0.0302. The van der Waals surface area contributed by atoms with Gasteiger partial charge in [0.25, 0.3) is 5.91 Å². The Balaban J connectivity index is 1.56. The lowest BCUT2D eigenvalue weighted by Crippen LogP contribution is -2.48. The van der Waals surface area contributed by atoms with Crippen LogP contribution in [0.2, 0.25) is 5.02 Å². The molecule has 1 aliphatic heterocycles. The molecule has 1 saturated heterocycles. The second-order valence-electron chi connectivity index (χ2n) is 5.14. The highest BCUT2D eigenvalue weighted by molar-refractivity contribution is 6.31. The summed E-state index contributed by atoms with van der Waals surface area (Å²) in [4.78, 5) is 16.3. The van der Waals surface area contributed by atoms with E-state index in [1.165, 1.54) is 6.26 Å². The van der Waals surface area contributed by atoms with E-state index in [4.69, 9.17) is 16.0 Å². The van der Waals surface area contributed by atoms with Crippen LogP contribution in [0, 0.1) is 0 Å². The maximum Gasteiger partial charge on any atom is 0.289 e. The van der Waals surface area contributed by atoms with E-state index >= 15 is 0 Å². The lowest BCUT2D eigenvalue weighted by Gasteiger charge is -2.34. The number of carbonyl (C=O) groups is 1. The van der Waals surface area contributed by atoms with Gasteiger partial charge in [0.1, 0.15) is 0 Å². The number of amides is 1. The number of benzene rings is 1. The van der Waals surface area contributed by atoms with E-state index in [-0.39, 0.29) is 5.91 Å². The normalized spacial score (nSPS) is 16.1. The summed E-state index contributed by atoms with van der Waals surface area (Å²) in [5.74, 6) is 0.381. The maximum absolute atomic E-state index is 12.2. The molecule has 4 nitrogen and oxygen atoms in total. The van der Waals surface area contributed by atoms with E-state index in [0.29, 0.717) is 18.8 Å². The number of hydrogen-bond donors (Lipinski definition) is 0. The van der Waals surface area contributed by atoms with Gasteiger partial charge in [0, 0.05) is 37.7 Å². The fourth-order valence-electron chi connectivity index (χ4n) is 2.53. The maximum atomic E-state index is 12.2. The standard InChI is InChI=1S/C16H17ClN2O2/c17-14-5-2-1-4-13(14)12-18-7-9-19(10-8-18)16(20)15-6-3-11-21-15/h1-6,11H,7-10,12H2. The van der Waals surface area contributed by atoms with Gasteiger partial charge in [-0.2, -0.15) is 0 Å². The van der Waals surface area contributed by atoms with Crippen LogP contribution in [-0.4, -0.2) is 41.9 Å². The highest BCUT2D eigenvalue weighted by Gasteiger charge is 2.23. The van der Waals surface area contributed by atoms with E-state index in [0.717, 1.165) is 30.2 Å². The summed E-state index contributed by atoms with van der Waals surface area (Å²) in [6.07, 6.45) is 1.53. The minimum Gasteiger partial charge on any atom is -0.459 e. The predicted octanol–water partition coefficient (Wildman–Crippen LogP) is 2.89. The van der Waals surface area contributed by atoms with Crippen molar-refractivity contribution in [1.82, 2.24) is 9.80 Å². The molecular formula is C16H17ClN2O2. The summed E-state index contributed by atoms with van der Waals surface area (Å²) in [5, 5.41) is 0.798. The Morgan fingerprint density at radius 2 is 1.86 bits per heavy atom. The molecule has 0 saturated carbocycles. The van der Waals surface area contributed by atoms with Crippen molar-refractivity contribution < 1.29 is 9.21 Å². The SMILES string of the molecule is O=C(c1ccco1)N1CCN(Cc2ccccc2Cl)CC1. The van der Waals surface area contributed by atoms with Gasteiger partial charge in [0.15, 0.2) is 5.76 Å². The number of nitrogens with zero attached hydrogens (tertiary/aromatic N) is 2. The largest absolute Gasteiger partial charge is 0.459 e. The molecular weight excluding hydrogens is 288 g/mol. The Kier molecular flexibility index (Phi) is 4.27. The Bertz CT molecular complexity index is 604. The van der Waals surface area contributed by atoms with Gasteiger partial charge in [-0.15, -0.1) is 0 Å². The summed E-state index contributed by atoms with van der Waals surface area (Å²) < 4.78 is 5.16. The zero-order valence-corrected chi connectivity index (χ0v) is 12.4. The molecule has 1 aromatic heterocycles. The zero-order chi connectivity index (χ0) is 14.7. The van der Waals surface area contributed by atoms with E-state index in [9.17, 15) is 4.79 Å². The van der Waals surface area contributed by atoms with Crippen LogP contribution in [0.1, 0.15) is 16.1 Å². The lowest BCUT2D eigenvalue weighted by molar-refractivity contribution is 0.0598. The van der Waals surface area contributed by atoms with Crippen LogP contribution < -0.4 is 0 Å². The smallest absolute Gasteiger partial charge is 0.289 e. The second-order valence-corrected chi connectivity index (χ2v) is 5.54. The fourth-order valence-corrected chi connectivity index (χ4v) is 2.73. The number of hydrogen-bond acceptors (Lipinski definition) is 3. The summed E-state index contributed by atoms with van der Waals surface area (Å²) in [5.41, 5.74) is 1.13. The van der Waals surface area contributed by atoms with Gasteiger partial charge in [0.05, 0.1) is 6.26 Å². The monoisotopic (exact) mass is 304 g/mol. The molecule has 1 aromatic carbocycles. The van der Waals surface area contributed by atoms with E-state index < -0.39 is 0 Å². The quantitative estimate of drug-likeness (QED) is 0.875. The molecule has 0 spiro atoms. The van der Waals surface area contributed by atoms with Crippen LogP contribution in [0.15, 0.2) is 47.1 Å². The molecule has 2 heterocycles. The molecule has 3 rings (SSSR count). The molecule has 110 valence electrons. The first-order valence-corrected chi connectivity index (χ1v) is 7.40. The topological polar surface area (TPSA) is 36.7 Å². The van der Waals surface area contributed by atoms with Crippen LogP contribution in [0.4, 0.5) is 0 Å². The van der Waals surface area contributed by atoms with Crippen molar-refractivity contribution in [1.29, 1.82) is 0 Å². The van der Waals surface area contributed by atoms with Crippen molar-refractivity contribution in [2.75, 3.05) is 26.2 Å². The van der Waals surface area contributed by atoms with Crippen LogP contribution in [0.3, 0.4) is 0 Å². The molecule has 0 aliphatic carbocycles. The molecule has 0 N–H and O–H groups in total. The molecule has 0 atom stereocenters. The molecule has 5 heteroatoms. The molecule has 1 aliphatic rings. The number of carbonyl (C=O) groups excluding carboxylic acids is 1.